The first-order chi connectivity index (χ1) is 10.4. The number of hydrogen-bond donors (Lipinski definition) is 0. The predicted molar refractivity (Wildman–Crippen MR) is 89.3 cm³/mol. The minimum absolute atomic E-state index is 0.0356. The standard InChI is InChI=1S/C20H34O2/c1-6-13(4)19(21)22-20(14(5)12(2)3)17-8-15-7-16(10-17)11-18(20)9-15/h12-18H,6-11H2,1-5H3. The highest BCUT2D eigenvalue weighted by Gasteiger charge is 2.62. The second-order valence-corrected chi connectivity index (χ2v) is 8.92. The second kappa shape index (κ2) is 5.83. The Balaban J connectivity index is 1.92. The number of ether oxygens (including phenoxy) is 1. The van der Waals surface area contributed by atoms with E-state index in [1.807, 2.05) is 6.92 Å². The van der Waals surface area contributed by atoms with Crippen LogP contribution >= 0.6 is 0 Å². The van der Waals surface area contributed by atoms with Crippen molar-refractivity contribution in [2.45, 2.75) is 78.7 Å². The maximum absolute atomic E-state index is 12.7. The van der Waals surface area contributed by atoms with Gasteiger partial charge in [0, 0.05) is 0 Å². The van der Waals surface area contributed by atoms with Gasteiger partial charge in [-0.15, -0.1) is 0 Å². The Morgan fingerprint density at radius 2 is 1.50 bits per heavy atom. The van der Waals surface area contributed by atoms with Crippen LogP contribution in [0.25, 0.3) is 0 Å². The molecule has 0 aromatic heterocycles. The van der Waals surface area contributed by atoms with Crippen molar-refractivity contribution in [1.82, 2.24) is 0 Å². The Morgan fingerprint density at radius 1 is 1.00 bits per heavy atom. The lowest BCUT2D eigenvalue weighted by molar-refractivity contribution is -0.234. The quantitative estimate of drug-likeness (QED) is 0.663. The molecule has 0 spiro atoms. The van der Waals surface area contributed by atoms with Crippen LogP contribution in [0.4, 0.5) is 0 Å². The number of hydrogen-bond acceptors (Lipinski definition) is 2. The molecular formula is C20H34O2. The van der Waals surface area contributed by atoms with Gasteiger partial charge in [0.25, 0.3) is 0 Å². The molecule has 4 saturated carbocycles. The van der Waals surface area contributed by atoms with Gasteiger partial charge in [-0.25, -0.2) is 0 Å². The fourth-order valence-electron chi connectivity index (χ4n) is 5.89. The summed E-state index contributed by atoms with van der Waals surface area (Å²) in [5.74, 6) is 4.20. The zero-order valence-electron chi connectivity index (χ0n) is 15.1. The summed E-state index contributed by atoms with van der Waals surface area (Å²) in [6.07, 6.45) is 7.54. The maximum atomic E-state index is 12.7. The third-order valence-corrected chi connectivity index (χ3v) is 7.42. The Labute approximate surface area is 136 Å². The molecule has 4 fully saturated rings. The maximum Gasteiger partial charge on any atom is 0.309 e. The minimum Gasteiger partial charge on any atom is -0.458 e. The largest absolute Gasteiger partial charge is 0.458 e. The van der Waals surface area contributed by atoms with Crippen molar-refractivity contribution in [3.8, 4) is 0 Å². The van der Waals surface area contributed by atoms with E-state index < -0.39 is 0 Å². The van der Waals surface area contributed by atoms with Crippen molar-refractivity contribution < 1.29 is 9.53 Å². The number of carbonyl (C=O) groups excluding carboxylic acids is 1. The molecule has 0 aromatic carbocycles. The molecule has 0 saturated heterocycles. The SMILES string of the molecule is CCC(C)C(=O)OC1(C(C)C(C)C)C2CC3CC(C2)CC1C3. The summed E-state index contributed by atoms with van der Waals surface area (Å²) in [4.78, 5) is 12.7. The summed E-state index contributed by atoms with van der Waals surface area (Å²) < 4.78 is 6.45. The van der Waals surface area contributed by atoms with E-state index in [1.54, 1.807) is 0 Å². The Bertz CT molecular complexity index is 397. The predicted octanol–water partition coefficient (Wildman–Crippen LogP) is 5.06. The zero-order chi connectivity index (χ0) is 16.1. The molecule has 0 heterocycles. The summed E-state index contributed by atoms with van der Waals surface area (Å²) in [6.45, 7) is 11.0. The average molecular weight is 306 g/mol. The van der Waals surface area contributed by atoms with Gasteiger partial charge < -0.3 is 4.74 Å². The van der Waals surface area contributed by atoms with Gasteiger partial charge in [-0.2, -0.15) is 0 Å². The molecule has 126 valence electrons. The van der Waals surface area contributed by atoms with Gasteiger partial charge in [-0.1, -0.05) is 34.6 Å². The van der Waals surface area contributed by atoms with Gasteiger partial charge in [-0.05, 0) is 74.0 Å². The lowest BCUT2D eigenvalue weighted by atomic mass is 9.46. The van der Waals surface area contributed by atoms with Crippen LogP contribution < -0.4 is 0 Å². The second-order valence-electron chi connectivity index (χ2n) is 8.92. The Morgan fingerprint density at radius 3 is 1.91 bits per heavy atom. The van der Waals surface area contributed by atoms with Crippen LogP contribution in [0.1, 0.15) is 73.1 Å². The van der Waals surface area contributed by atoms with E-state index in [2.05, 4.69) is 27.7 Å². The molecule has 0 aliphatic heterocycles. The topological polar surface area (TPSA) is 26.3 Å². The van der Waals surface area contributed by atoms with Gasteiger partial charge in [0.1, 0.15) is 5.60 Å². The van der Waals surface area contributed by atoms with Gasteiger partial charge in [0.05, 0.1) is 5.92 Å². The first-order valence-corrected chi connectivity index (χ1v) is 9.61. The highest BCUT2D eigenvalue weighted by molar-refractivity contribution is 5.72. The van der Waals surface area contributed by atoms with E-state index in [9.17, 15) is 4.79 Å². The lowest BCUT2D eigenvalue weighted by Crippen LogP contribution is -2.63. The number of carbonyl (C=O) groups is 1. The van der Waals surface area contributed by atoms with Gasteiger partial charge in [-0.3, -0.25) is 4.79 Å². The number of rotatable bonds is 5. The van der Waals surface area contributed by atoms with Gasteiger partial charge in [0.2, 0.25) is 0 Å². The molecular weight excluding hydrogens is 272 g/mol. The van der Waals surface area contributed by atoms with Crippen LogP contribution in [-0.4, -0.2) is 11.6 Å². The summed E-state index contributed by atoms with van der Waals surface area (Å²) in [5, 5.41) is 0. The van der Waals surface area contributed by atoms with Crippen LogP contribution in [0.15, 0.2) is 0 Å². The van der Waals surface area contributed by atoms with Crippen molar-refractivity contribution in [2.24, 2.45) is 41.4 Å². The fourth-order valence-corrected chi connectivity index (χ4v) is 5.89. The normalized spacial score (nSPS) is 42.5. The summed E-state index contributed by atoms with van der Waals surface area (Å²) >= 11 is 0. The minimum atomic E-state index is -0.165. The van der Waals surface area contributed by atoms with Crippen molar-refractivity contribution in [3.63, 3.8) is 0 Å². The lowest BCUT2D eigenvalue weighted by Gasteiger charge is -2.63. The Kier molecular flexibility index (Phi) is 4.33. The van der Waals surface area contributed by atoms with E-state index in [4.69, 9.17) is 4.74 Å². The highest BCUT2D eigenvalue weighted by atomic mass is 16.6. The molecule has 0 amide bonds. The van der Waals surface area contributed by atoms with E-state index in [-0.39, 0.29) is 17.5 Å². The smallest absolute Gasteiger partial charge is 0.309 e. The van der Waals surface area contributed by atoms with Crippen molar-refractivity contribution in [2.75, 3.05) is 0 Å². The van der Waals surface area contributed by atoms with Crippen LogP contribution in [-0.2, 0) is 9.53 Å². The molecule has 22 heavy (non-hydrogen) atoms. The molecule has 2 atom stereocenters. The average Bonchev–Trinajstić information content (AvgIpc) is 2.48. The summed E-state index contributed by atoms with van der Waals surface area (Å²) in [6, 6.07) is 0. The van der Waals surface area contributed by atoms with Crippen LogP contribution in [0.2, 0.25) is 0 Å². The van der Waals surface area contributed by atoms with Crippen LogP contribution in [0.3, 0.4) is 0 Å². The van der Waals surface area contributed by atoms with Crippen molar-refractivity contribution in [3.05, 3.63) is 0 Å². The molecule has 4 aliphatic carbocycles. The summed E-state index contributed by atoms with van der Waals surface area (Å²) in [7, 11) is 0. The third kappa shape index (κ3) is 2.41. The van der Waals surface area contributed by atoms with E-state index >= 15 is 0 Å². The molecule has 0 aromatic rings. The van der Waals surface area contributed by atoms with Crippen molar-refractivity contribution >= 4 is 5.97 Å². The van der Waals surface area contributed by atoms with Crippen molar-refractivity contribution in [1.29, 1.82) is 0 Å². The van der Waals surface area contributed by atoms with Gasteiger partial charge in [0.15, 0.2) is 0 Å². The molecule has 0 radical (unpaired) electrons. The summed E-state index contributed by atoms with van der Waals surface area (Å²) in [5.41, 5.74) is -0.165. The molecule has 4 aliphatic rings. The Hall–Kier alpha value is -0.530. The molecule has 0 N–H and O–H groups in total. The molecule has 4 rings (SSSR count). The first kappa shape index (κ1) is 16.3. The number of esters is 1. The molecule has 2 unspecified atom stereocenters. The first-order valence-electron chi connectivity index (χ1n) is 9.61. The molecule has 4 bridgehead atoms. The van der Waals surface area contributed by atoms with E-state index in [0.717, 1.165) is 18.3 Å². The van der Waals surface area contributed by atoms with E-state index in [1.165, 1.54) is 32.1 Å². The third-order valence-electron chi connectivity index (χ3n) is 7.42. The monoisotopic (exact) mass is 306 g/mol. The van der Waals surface area contributed by atoms with Crippen LogP contribution in [0, 0.1) is 41.4 Å². The highest BCUT2D eigenvalue weighted by Crippen LogP contribution is 2.62. The molecule has 2 heteroatoms. The zero-order valence-corrected chi connectivity index (χ0v) is 15.1. The van der Waals surface area contributed by atoms with Gasteiger partial charge >= 0.3 is 5.97 Å². The molecule has 2 nitrogen and oxygen atoms in total. The van der Waals surface area contributed by atoms with E-state index in [0.29, 0.717) is 23.7 Å². The van der Waals surface area contributed by atoms with Crippen LogP contribution in [0.5, 0.6) is 0 Å². The fraction of sp³-hybridized carbons (Fsp3) is 0.950.